The van der Waals surface area contributed by atoms with E-state index in [1.165, 1.54) is 21.7 Å². The van der Waals surface area contributed by atoms with Gasteiger partial charge in [0.1, 0.15) is 11.5 Å². The maximum Gasteiger partial charge on any atom is 0.142 e. The molecule has 33 heavy (non-hydrogen) atoms. The van der Waals surface area contributed by atoms with Crippen molar-refractivity contribution in [3.8, 4) is 11.5 Å². The fourth-order valence-electron chi connectivity index (χ4n) is 3.72. The van der Waals surface area contributed by atoms with Crippen molar-refractivity contribution in [2.24, 2.45) is 11.6 Å². The topological polar surface area (TPSA) is 91.1 Å². The summed E-state index contributed by atoms with van der Waals surface area (Å²) in [5, 5.41) is 3.66. The molecule has 1 fully saturated rings. The molecule has 0 heterocycles. The molecule has 7 nitrogen and oxygen atoms in total. The van der Waals surface area contributed by atoms with E-state index in [-0.39, 0.29) is 32.7 Å². The van der Waals surface area contributed by atoms with Crippen molar-refractivity contribution >= 4 is 11.4 Å². The molecule has 1 saturated carbocycles. The van der Waals surface area contributed by atoms with E-state index in [4.69, 9.17) is 26.5 Å². The number of hydrazine groups is 1. The van der Waals surface area contributed by atoms with Gasteiger partial charge in [-0.05, 0) is 73.5 Å². The van der Waals surface area contributed by atoms with Gasteiger partial charge in [-0.3, -0.25) is 5.01 Å². The molecule has 1 radical (unpaired) electrons. The van der Waals surface area contributed by atoms with E-state index in [2.05, 4.69) is 37.9 Å². The van der Waals surface area contributed by atoms with Crippen LogP contribution in [0.25, 0.3) is 5.43 Å². The van der Waals surface area contributed by atoms with Gasteiger partial charge in [0.25, 0.3) is 0 Å². The van der Waals surface area contributed by atoms with Crippen molar-refractivity contribution in [1.82, 2.24) is 5.01 Å². The molecule has 4 N–H and O–H groups in total. The molecule has 3 rings (SSSR count). The Bertz CT molecular complexity index is 972. The van der Waals surface area contributed by atoms with Crippen LogP contribution in [0.5, 0.6) is 11.5 Å². The van der Waals surface area contributed by atoms with Gasteiger partial charge in [0.15, 0.2) is 0 Å². The molecule has 0 unspecified atom stereocenters. The Balaban J connectivity index is 0.00000385. The van der Waals surface area contributed by atoms with Crippen LogP contribution in [0.1, 0.15) is 56.2 Å². The molecule has 177 valence electrons. The molecule has 0 saturated heterocycles. The van der Waals surface area contributed by atoms with E-state index in [1.54, 1.807) is 27.3 Å². The van der Waals surface area contributed by atoms with Crippen LogP contribution in [0.4, 0.5) is 11.4 Å². The number of nitrogens with zero attached hydrogens (tertiary/aromatic N) is 3. The van der Waals surface area contributed by atoms with E-state index in [9.17, 15) is 0 Å². The van der Waals surface area contributed by atoms with Crippen molar-refractivity contribution in [1.29, 1.82) is 0 Å². The van der Waals surface area contributed by atoms with E-state index < -0.39 is 0 Å². The van der Waals surface area contributed by atoms with Crippen molar-refractivity contribution < 1.29 is 42.2 Å². The molecular weight excluding hydrogens is 491 g/mol. The Hall–Kier alpha value is -1.80. The van der Waals surface area contributed by atoms with Gasteiger partial charge < -0.3 is 25.6 Å². The van der Waals surface area contributed by atoms with E-state index >= 15 is 0 Å². The standard InChI is InChI=1S/C25H36N5O2.Y/c1-16(2)22-12-19(17(3)11-24(22)31-5)15-30(21-8-9-21)28-20-7-10-23(25(13-20)32-6)29(27)14-18(4)26;/h7,10-14,16,21H,8-9,15,26-27H2,1-6H3;/q-1;/b18-14-;. The average Bonchev–Trinajstić information content (AvgIpc) is 3.58. The second-order valence-electron chi connectivity index (χ2n) is 8.74. The van der Waals surface area contributed by atoms with Crippen molar-refractivity contribution in [3.63, 3.8) is 0 Å². The molecular formula is C25H36N5O2Y-. The zero-order chi connectivity index (χ0) is 23.4. The Kier molecular flexibility index (Phi) is 10.0. The number of hydrogen-bond acceptors (Lipinski definition) is 6. The van der Waals surface area contributed by atoms with Gasteiger partial charge in [0.05, 0.1) is 19.9 Å². The first-order valence-electron chi connectivity index (χ1n) is 11.0. The summed E-state index contributed by atoms with van der Waals surface area (Å²) in [5.41, 5.74) is 16.6. The smallest absolute Gasteiger partial charge is 0.142 e. The SMILES string of the molecule is COc1cc(C)c(CN([N-]c2ccc(N(N)/C=C(/C)N)c(OC)c2)C2CC2)cc1C(C)C.[Y]. The largest absolute Gasteiger partial charge is 0.619 e. The first-order valence-corrected chi connectivity index (χ1v) is 11.0. The number of allylic oxidation sites excluding steroid dienone is 1. The van der Waals surface area contributed by atoms with Gasteiger partial charge >= 0.3 is 0 Å². The minimum atomic E-state index is 0. The van der Waals surface area contributed by atoms with Crippen LogP contribution < -0.4 is 26.1 Å². The van der Waals surface area contributed by atoms with Crippen LogP contribution in [0.15, 0.2) is 42.2 Å². The minimum absolute atomic E-state index is 0. The van der Waals surface area contributed by atoms with Crippen molar-refractivity contribution in [3.05, 3.63) is 64.3 Å². The van der Waals surface area contributed by atoms with Crippen LogP contribution in [0.2, 0.25) is 0 Å². The van der Waals surface area contributed by atoms with Crippen LogP contribution in [-0.4, -0.2) is 25.3 Å². The number of benzene rings is 2. The molecule has 0 atom stereocenters. The van der Waals surface area contributed by atoms with Crippen molar-refractivity contribution in [2.75, 3.05) is 19.2 Å². The summed E-state index contributed by atoms with van der Waals surface area (Å²) >= 11 is 0. The summed E-state index contributed by atoms with van der Waals surface area (Å²) in [6.45, 7) is 9.05. The average molecular weight is 528 g/mol. The fraction of sp³-hybridized carbons (Fsp3) is 0.440. The molecule has 2 aromatic rings. The fourth-order valence-corrected chi connectivity index (χ4v) is 3.72. The third kappa shape index (κ3) is 7.09. The van der Waals surface area contributed by atoms with Crippen LogP contribution in [0.3, 0.4) is 0 Å². The summed E-state index contributed by atoms with van der Waals surface area (Å²) in [6, 6.07) is 10.6. The summed E-state index contributed by atoms with van der Waals surface area (Å²) in [6.07, 6.45) is 3.97. The predicted octanol–water partition coefficient (Wildman–Crippen LogP) is 5.22. The van der Waals surface area contributed by atoms with Crippen LogP contribution >= 0.6 is 0 Å². The van der Waals surface area contributed by atoms with Crippen LogP contribution in [-0.2, 0) is 39.3 Å². The zero-order valence-corrected chi connectivity index (χ0v) is 23.5. The molecule has 2 aromatic carbocycles. The normalized spacial score (nSPS) is 13.7. The number of rotatable bonds is 10. The Morgan fingerprint density at radius 2 is 1.82 bits per heavy atom. The molecule has 1 aliphatic carbocycles. The number of nitrogens with two attached hydrogens (primary N) is 2. The summed E-state index contributed by atoms with van der Waals surface area (Å²) in [7, 11) is 3.36. The minimum Gasteiger partial charge on any atom is -0.619 e. The molecule has 0 amide bonds. The summed E-state index contributed by atoms with van der Waals surface area (Å²) < 4.78 is 11.2. The summed E-state index contributed by atoms with van der Waals surface area (Å²) in [4.78, 5) is 0. The van der Waals surface area contributed by atoms with E-state index in [0.29, 0.717) is 23.4 Å². The predicted molar refractivity (Wildman–Crippen MR) is 131 cm³/mol. The quantitative estimate of drug-likeness (QED) is 0.325. The van der Waals surface area contributed by atoms with Gasteiger partial charge in [0.2, 0.25) is 0 Å². The number of aryl methyl sites for hydroxylation is 1. The Morgan fingerprint density at radius 3 is 2.36 bits per heavy atom. The first kappa shape index (κ1) is 27.4. The molecule has 0 bridgehead atoms. The van der Waals surface area contributed by atoms with Gasteiger partial charge in [-0.25, -0.2) is 5.84 Å². The number of ether oxygens (including phenoxy) is 2. The number of hydrogen-bond donors (Lipinski definition) is 2. The first-order chi connectivity index (χ1) is 15.2. The van der Waals surface area contributed by atoms with Gasteiger partial charge in [-0.1, -0.05) is 26.0 Å². The monoisotopic (exact) mass is 527 g/mol. The maximum absolute atomic E-state index is 6.11. The molecule has 8 heteroatoms. The second-order valence-corrected chi connectivity index (χ2v) is 8.74. The van der Waals surface area contributed by atoms with E-state index in [1.807, 2.05) is 18.2 Å². The van der Waals surface area contributed by atoms with Gasteiger partial charge in [-0.15, -0.1) is 5.69 Å². The third-order valence-electron chi connectivity index (χ3n) is 5.64. The molecule has 1 aliphatic rings. The molecule has 0 spiro atoms. The number of methoxy groups -OCH3 is 2. The van der Waals surface area contributed by atoms with Gasteiger partial charge in [-0.2, -0.15) is 0 Å². The summed E-state index contributed by atoms with van der Waals surface area (Å²) in [5.74, 6) is 8.09. The second kappa shape index (κ2) is 12.1. The van der Waals surface area contributed by atoms with Gasteiger partial charge in [0, 0.05) is 51.2 Å². The zero-order valence-electron chi connectivity index (χ0n) is 20.6. The maximum atomic E-state index is 6.11. The van der Waals surface area contributed by atoms with Crippen LogP contribution in [0, 0.1) is 6.92 Å². The van der Waals surface area contributed by atoms with E-state index in [0.717, 1.165) is 36.5 Å². The molecule has 0 aliphatic heterocycles. The third-order valence-corrected chi connectivity index (χ3v) is 5.64. The Labute approximate surface area is 223 Å². The Morgan fingerprint density at radius 1 is 1.15 bits per heavy atom. The number of anilines is 1. The molecule has 0 aromatic heterocycles. The van der Waals surface area contributed by atoms with Crippen molar-refractivity contribution in [2.45, 2.75) is 59.0 Å².